The zero-order valence-corrected chi connectivity index (χ0v) is 17.6. The first-order chi connectivity index (χ1) is 13.1. The van der Waals surface area contributed by atoms with Crippen LogP contribution in [0.1, 0.15) is 59.4 Å². The van der Waals surface area contributed by atoms with Gasteiger partial charge in [-0.2, -0.15) is 0 Å². The van der Waals surface area contributed by atoms with Crippen molar-refractivity contribution in [3.05, 3.63) is 29.8 Å². The van der Waals surface area contributed by atoms with Gasteiger partial charge in [-0.1, -0.05) is 26.0 Å². The van der Waals surface area contributed by atoms with Crippen molar-refractivity contribution in [1.82, 2.24) is 10.6 Å². The van der Waals surface area contributed by atoms with E-state index in [0.29, 0.717) is 6.54 Å². The molecule has 0 spiro atoms. The molecular weight excluding hydrogens is 358 g/mol. The van der Waals surface area contributed by atoms with Crippen LogP contribution in [0, 0.1) is 5.92 Å². The molecule has 156 valence electrons. The van der Waals surface area contributed by atoms with Gasteiger partial charge in [0.25, 0.3) is 0 Å². The highest BCUT2D eigenvalue weighted by Gasteiger charge is 2.16. The summed E-state index contributed by atoms with van der Waals surface area (Å²) in [6.07, 6.45) is 1.26. The molecule has 0 heterocycles. The molecule has 0 aliphatic heterocycles. The number of nitrogens with one attached hydrogen (secondary N) is 3. The zero-order chi connectivity index (χ0) is 21.2. The maximum atomic E-state index is 12.1. The van der Waals surface area contributed by atoms with Gasteiger partial charge in [-0.3, -0.25) is 9.59 Å². The quantitative estimate of drug-likeness (QED) is 0.599. The molecule has 0 saturated carbocycles. The average Bonchev–Trinajstić information content (AvgIpc) is 2.60. The highest BCUT2D eigenvalue weighted by molar-refractivity contribution is 5.92. The van der Waals surface area contributed by atoms with Gasteiger partial charge in [0.1, 0.15) is 5.60 Å². The minimum Gasteiger partial charge on any atom is -0.444 e. The summed E-state index contributed by atoms with van der Waals surface area (Å²) in [6, 6.07) is 7.38. The minimum absolute atomic E-state index is 0.0215. The smallest absolute Gasteiger partial charge is 0.407 e. The van der Waals surface area contributed by atoms with E-state index < -0.39 is 11.7 Å². The van der Waals surface area contributed by atoms with Crippen molar-refractivity contribution in [2.24, 2.45) is 5.92 Å². The second kappa shape index (κ2) is 11.3. The molecule has 7 nitrogen and oxygen atoms in total. The lowest BCUT2D eigenvalue weighted by molar-refractivity contribution is -0.121. The lowest BCUT2D eigenvalue weighted by Gasteiger charge is -2.19. The molecule has 0 unspecified atom stereocenters. The molecule has 1 rings (SSSR count). The van der Waals surface area contributed by atoms with Gasteiger partial charge in [-0.15, -0.1) is 0 Å². The third-order valence-electron chi connectivity index (χ3n) is 4.09. The monoisotopic (exact) mass is 391 g/mol. The van der Waals surface area contributed by atoms with E-state index in [2.05, 4.69) is 16.0 Å². The lowest BCUT2D eigenvalue weighted by atomic mass is 10.0. The average molecular weight is 392 g/mol. The van der Waals surface area contributed by atoms with E-state index in [0.717, 1.165) is 24.1 Å². The zero-order valence-electron chi connectivity index (χ0n) is 17.6. The van der Waals surface area contributed by atoms with Gasteiger partial charge in [0.2, 0.25) is 11.8 Å². The maximum absolute atomic E-state index is 12.1. The molecule has 28 heavy (non-hydrogen) atoms. The molecule has 0 saturated heterocycles. The number of hydrogen-bond donors (Lipinski definition) is 3. The summed E-state index contributed by atoms with van der Waals surface area (Å²) in [5.41, 5.74) is 1.11. The second-order valence-corrected chi connectivity index (χ2v) is 7.65. The summed E-state index contributed by atoms with van der Waals surface area (Å²) in [4.78, 5) is 35.5. The molecule has 1 aromatic rings. The molecule has 3 amide bonds. The summed E-state index contributed by atoms with van der Waals surface area (Å²) in [5, 5.41) is 8.26. The van der Waals surface area contributed by atoms with Gasteiger partial charge in [0, 0.05) is 31.1 Å². The van der Waals surface area contributed by atoms with Gasteiger partial charge in [-0.25, -0.2) is 4.79 Å². The Hall–Kier alpha value is -2.57. The van der Waals surface area contributed by atoms with Crippen molar-refractivity contribution in [1.29, 1.82) is 0 Å². The summed E-state index contributed by atoms with van der Waals surface area (Å²) in [5.74, 6) is -0.112. The molecule has 0 radical (unpaired) electrons. The number of benzene rings is 1. The van der Waals surface area contributed by atoms with Crippen LogP contribution >= 0.6 is 0 Å². The van der Waals surface area contributed by atoms with Crippen LogP contribution < -0.4 is 16.0 Å². The predicted octanol–water partition coefficient (Wildman–Crippen LogP) is 3.59. The van der Waals surface area contributed by atoms with Crippen molar-refractivity contribution in [3.8, 4) is 0 Å². The highest BCUT2D eigenvalue weighted by atomic mass is 16.6. The Morgan fingerprint density at radius 1 is 1.00 bits per heavy atom. The van der Waals surface area contributed by atoms with Crippen LogP contribution in [0.3, 0.4) is 0 Å². The van der Waals surface area contributed by atoms with Crippen LogP contribution in [0.2, 0.25) is 0 Å². The normalized spacial score (nSPS) is 11.1. The van der Waals surface area contributed by atoms with Crippen molar-refractivity contribution < 1.29 is 19.1 Å². The summed E-state index contributed by atoms with van der Waals surface area (Å²) in [6.45, 7) is 9.94. The predicted molar refractivity (Wildman–Crippen MR) is 110 cm³/mol. The Labute approximate surface area is 167 Å². The first kappa shape index (κ1) is 23.5. The van der Waals surface area contributed by atoms with Crippen molar-refractivity contribution in [2.45, 2.75) is 66.0 Å². The molecule has 1 aromatic carbocycles. The molecule has 0 aliphatic rings. The largest absolute Gasteiger partial charge is 0.444 e. The Bertz CT molecular complexity index is 647. The van der Waals surface area contributed by atoms with E-state index in [1.807, 2.05) is 38.1 Å². The maximum Gasteiger partial charge on any atom is 0.407 e. The Morgan fingerprint density at radius 2 is 1.61 bits per heavy atom. The van der Waals surface area contributed by atoms with Gasteiger partial charge in [-0.05, 0) is 51.3 Å². The van der Waals surface area contributed by atoms with Crippen LogP contribution in [-0.2, 0) is 20.9 Å². The molecule has 0 aromatic heterocycles. The van der Waals surface area contributed by atoms with E-state index >= 15 is 0 Å². The third-order valence-corrected chi connectivity index (χ3v) is 4.09. The molecule has 0 atom stereocenters. The van der Waals surface area contributed by atoms with Gasteiger partial charge in [0.15, 0.2) is 0 Å². The first-order valence-electron chi connectivity index (χ1n) is 9.78. The van der Waals surface area contributed by atoms with E-state index in [-0.39, 0.29) is 30.7 Å². The fraction of sp³-hybridized carbons (Fsp3) is 0.571. The fourth-order valence-corrected chi connectivity index (χ4v) is 2.49. The molecule has 7 heteroatoms. The van der Waals surface area contributed by atoms with Crippen LogP contribution in [0.25, 0.3) is 0 Å². The van der Waals surface area contributed by atoms with Gasteiger partial charge in [0.05, 0.1) is 0 Å². The topological polar surface area (TPSA) is 96.5 Å². The van der Waals surface area contributed by atoms with E-state index in [9.17, 15) is 14.4 Å². The van der Waals surface area contributed by atoms with Crippen molar-refractivity contribution >= 4 is 23.6 Å². The number of carbonyl (C=O) groups excluding carboxylic acids is 3. The standard InChI is InChI=1S/C21H33N3O4/c1-6-16(7-2)19(26)24-17-10-8-15(9-11-17)14-23-18(25)12-13-22-20(27)28-21(3,4)5/h8-11,16H,6-7,12-14H2,1-5H3,(H,22,27)(H,23,25)(H,24,26). The summed E-state index contributed by atoms with van der Waals surface area (Å²) < 4.78 is 5.10. The van der Waals surface area contributed by atoms with Crippen LogP contribution in [0.15, 0.2) is 24.3 Å². The van der Waals surface area contributed by atoms with E-state index in [1.54, 1.807) is 20.8 Å². The van der Waals surface area contributed by atoms with Gasteiger partial charge >= 0.3 is 6.09 Å². The number of amides is 3. The fourth-order valence-electron chi connectivity index (χ4n) is 2.49. The number of rotatable bonds is 9. The van der Waals surface area contributed by atoms with E-state index in [4.69, 9.17) is 4.74 Å². The Balaban J connectivity index is 2.34. The molecule has 3 N–H and O–H groups in total. The number of ether oxygens (including phenoxy) is 1. The van der Waals surface area contributed by atoms with E-state index in [1.165, 1.54) is 0 Å². The molecular formula is C21H33N3O4. The highest BCUT2D eigenvalue weighted by Crippen LogP contribution is 2.14. The van der Waals surface area contributed by atoms with Crippen LogP contribution in [-0.4, -0.2) is 30.1 Å². The summed E-state index contributed by atoms with van der Waals surface area (Å²) in [7, 11) is 0. The molecule has 0 bridgehead atoms. The SMILES string of the molecule is CCC(CC)C(=O)Nc1ccc(CNC(=O)CCNC(=O)OC(C)(C)C)cc1. The number of hydrogen-bond acceptors (Lipinski definition) is 4. The first-order valence-corrected chi connectivity index (χ1v) is 9.78. The second-order valence-electron chi connectivity index (χ2n) is 7.65. The number of alkyl carbamates (subject to hydrolysis) is 1. The number of anilines is 1. The minimum atomic E-state index is -0.564. The van der Waals surface area contributed by atoms with Crippen molar-refractivity contribution in [3.63, 3.8) is 0 Å². The Morgan fingerprint density at radius 3 is 2.14 bits per heavy atom. The van der Waals surface area contributed by atoms with Crippen LogP contribution in [0.4, 0.5) is 10.5 Å². The molecule has 0 fully saturated rings. The third kappa shape index (κ3) is 9.39. The summed E-state index contributed by atoms with van der Waals surface area (Å²) >= 11 is 0. The number of carbonyl (C=O) groups is 3. The van der Waals surface area contributed by atoms with Gasteiger partial charge < -0.3 is 20.7 Å². The van der Waals surface area contributed by atoms with Crippen molar-refractivity contribution in [2.75, 3.05) is 11.9 Å². The van der Waals surface area contributed by atoms with Crippen LogP contribution in [0.5, 0.6) is 0 Å². The Kier molecular flexibility index (Phi) is 9.48. The molecule has 0 aliphatic carbocycles. The lowest BCUT2D eigenvalue weighted by Crippen LogP contribution is -2.35.